The minimum Gasteiger partial charge on any atom is -0.350 e. The van der Waals surface area contributed by atoms with E-state index in [-0.39, 0.29) is 11.1 Å². The molecule has 0 saturated heterocycles. The lowest BCUT2D eigenvalue weighted by atomic mass is 9.76. The van der Waals surface area contributed by atoms with Gasteiger partial charge in [-0.2, -0.15) is 0 Å². The predicted octanol–water partition coefficient (Wildman–Crippen LogP) is 6.97. The molecule has 2 heteroatoms. The van der Waals surface area contributed by atoms with Gasteiger partial charge in [-0.15, -0.1) is 0 Å². The first-order valence-electron chi connectivity index (χ1n) is 11.9. The maximum Gasteiger partial charge on any atom is 0.117 e. The number of allylic oxidation sites excluding steroid dienone is 8. The zero-order valence-corrected chi connectivity index (χ0v) is 20.4. The van der Waals surface area contributed by atoms with Crippen LogP contribution < -0.4 is 4.90 Å². The van der Waals surface area contributed by atoms with Gasteiger partial charge >= 0.3 is 0 Å². The van der Waals surface area contributed by atoms with Crippen molar-refractivity contribution >= 4 is 5.69 Å². The van der Waals surface area contributed by atoms with Gasteiger partial charge in [-0.3, -0.25) is 4.90 Å². The maximum absolute atomic E-state index is 2.63. The Bertz CT molecular complexity index is 1010. The highest BCUT2D eigenvalue weighted by Crippen LogP contribution is 2.49. The van der Waals surface area contributed by atoms with E-state index < -0.39 is 0 Å². The molecule has 3 aliphatic carbocycles. The Morgan fingerprint density at radius 2 is 1.55 bits per heavy atom. The number of nitrogens with zero attached hydrogens (tertiary/aromatic N) is 2. The van der Waals surface area contributed by atoms with E-state index in [9.17, 15) is 0 Å². The van der Waals surface area contributed by atoms with Crippen LogP contribution in [0.15, 0.2) is 82.5 Å². The zero-order valence-electron chi connectivity index (χ0n) is 20.4. The van der Waals surface area contributed by atoms with Crippen LogP contribution in [0.25, 0.3) is 0 Å². The quantitative estimate of drug-likeness (QED) is 0.464. The minimum absolute atomic E-state index is 0.126. The molecule has 0 bridgehead atoms. The second-order valence-electron chi connectivity index (χ2n) is 9.78. The third-order valence-electron chi connectivity index (χ3n) is 7.60. The van der Waals surface area contributed by atoms with Crippen molar-refractivity contribution in [3.8, 4) is 0 Å². The summed E-state index contributed by atoms with van der Waals surface area (Å²) in [6.07, 6.45) is 13.2. The van der Waals surface area contributed by atoms with Crippen LogP contribution in [0.2, 0.25) is 0 Å². The normalized spacial score (nSPS) is 23.9. The predicted molar refractivity (Wildman–Crippen MR) is 134 cm³/mol. The van der Waals surface area contributed by atoms with Crippen LogP contribution >= 0.6 is 0 Å². The van der Waals surface area contributed by atoms with Crippen molar-refractivity contribution in [3.05, 3.63) is 88.1 Å². The highest BCUT2D eigenvalue weighted by Gasteiger charge is 2.44. The number of benzene rings is 1. The third-order valence-corrected chi connectivity index (χ3v) is 7.60. The summed E-state index contributed by atoms with van der Waals surface area (Å²) in [5.41, 5.74) is 9.76. The molecule has 0 radical (unpaired) electrons. The standard InChI is InChI=1S/C29H38N2/c1-8-30(9-2)29(31(10-3)25-13-11-21(4)12-14-25)16-15-23-18-24-19-28(6,7)22(5)17-26(24)27(23)20-29/h11-19H,8-10,20H2,1-7H3. The molecule has 1 unspecified atom stereocenters. The van der Waals surface area contributed by atoms with Gasteiger partial charge in [0.1, 0.15) is 5.66 Å². The van der Waals surface area contributed by atoms with E-state index in [0.29, 0.717) is 0 Å². The highest BCUT2D eigenvalue weighted by atomic mass is 15.4. The molecule has 1 atom stereocenters. The fraction of sp³-hybridized carbons (Fsp3) is 0.448. The molecule has 3 aliphatic rings. The number of aryl methyl sites for hydroxylation is 1. The first kappa shape index (κ1) is 21.9. The molecule has 0 spiro atoms. The summed E-state index contributed by atoms with van der Waals surface area (Å²) in [4.78, 5) is 5.23. The number of fused-ring (bicyclic) bond motifs is 2. The van der Waals surface area contributed by atoms with Crippen molar-refractivity contribution in [3.63, 3.8) is 0 Å². The smallest absolute Gasteiger partial charge is 0.117 e. The van der Waals surface area contributed by atoms with Crippen molar-refractivity contribution in [2.45, 2.75) is 60.5 Å². The number of hydrogen-bond donors (Lipinski definition) is 0. The van der Waals surface area contributed by atoms with Gasteiger partial charge in [-0.25, -0.2) is 0 Å². The number of likely N-dealkylation sites (N-methyl/N-ethyl adjacent to an activating group) is 2. The molecule has 0 heterocycles. The minimum atomic E-state index is -0.155. The molecule has 2 nitrogen and oxygen atoms in total. The summed E-state index contributed by atoms with van der Waals surface area (Å²) < 4.78 is 0. The third kappa shape index (κ3) is 3.55. The Balaban J connectivity index is 1.86. The van der Waals surface area contributed by atoms with Crippen molar-refractivity contribution in [2.24, 2.45) is 5.41 Å². The zero-order chi connectivity index (χ0) is 22.4. The van der Waals surface area contributed by atoms with Crippen molar-refractivity contribution in [1.29, 1.82) is 0 Å². The van der Waals surface area contributed by atoms with Crippen molar-refractivity contribution < 1.29 is 0 Å². The molecule has 0 fully saturated rings. The summed E-state index contributed by atoms with van der Waals surface area (Å²) in [6.45, 7) is 19.0. The van der Waals surface area contributed by atoms with E-state index in [2.05, 4.69) is 113 Å². The van der Waals surface area contributed by atoms with Gasteiger partial charge < -0.3 is 4.90 Å². The van der Waals surface area contributed by atoms with Crippen LogP contribution in [0, 0.1) is 12.3 Å². The number of rotatable bonds is 6. The fourth-order valence-corrected chi connectivity index (χ4v) is 5.49. The molecule has 0 aliphatic heterocycles. The van der Waals surface area contributed by atoms with E-state index in [4.69, 9.17) is 0 Å². The summed E-state index contributed by atoms with van der Waals surface area (Å²) in [6, 6.07) is 9.04. The van der Waals surface area contributed by atoms with Crippen molar-refractivity contribution in [1.82, 2.24) is 4.90 Å². The first-order valence-corrected chi connectivity index (χ1v) is 11.9. The Morgan fingerprint density at radius 3 is 2.16 bits per heavy atom. The molecule has 4 rings (SSSR count). The van der Waals surface area contributed by atoms with E-state index in [1.807, 2.05) is 0 Å². The van der Waals surface area contributed by atoms with Crippen LogP contribution in [0.3, 0.4) is 0 Å². The molecular weight excluding hydrogens is 376 g/mol. The lowest BCUT2D eigenvalue weighted by Crippen LogP contribution is -2.61. The lowest BCUT2D eigenvalue weighted by molar-refractivity contribution is 0.138. The van der Waals surface area contributed by atoms with Gasteiger partial charge in [0.15, 0.2) is 0 Å². The SMILES string of the molecule is CCN(CC)C1(N(CC)c2ccc(C)cc2)C=CC2=CC3=CC(C)(C)C(C)=CC3=C2C1. The summed E-state index contributed by atoms with van der Waals surface area (Å²) in [5, 5.41) is 0. The summed E-state index contributed by atoms with van der Waals surface area (Å²) >= 11 is 0. The lowest BCUT2D eigenvalue weighted by Gasteiger charge is -2.52. The second-order valence-corrected chi connectivity index (χ2v) is 9.78. The number of hydrogen-bond acceptors (Lipinski definition) is 2. The first-order chi connectivity index (χ1) is 14.8. The molecule has 0 aromatic heterocycles. The average molecular weight is 415 g/mol. The van der Waals surface area contributed by atoms with Crippen LogP contribution in [0.5, 0.6) is 0 Å². The monoisotopic (exact) mass is 414 g/mol. The van der Waals surface area contributed by atoms with Gasteiger partial charge in [0.25, 0.3) is 0 Å². The molecule has 0 amide bonds. The van der Waals surface area contributed by atoms with E-state index in [0.717, 1.165) is 26.1 Å². The Labute approximate surface area is 189 Å². The summed E-state index contributed by atoms with van der Waals surface area (Å²) in [7, 11) is 0. The fourth-order valence-electron chi connectivity index (χ4n) is 5.49. The number of anilines is 1. The van der Waals surface area contributed by atoms with Gasteiger partial charge in [0.05, 0.1) is 0 Å². The van der Waals surface area contributed by atoms with E-state index >= 15 is 0 Å². The van der Waals surface area contributed by atoms with Crippen LogP contribution in [0.4, 0.5) is 5.69 Å². The van der Waals surface area contributed by atoms with E-state index in [1.165, 1.54) is 39.1 Å². The van der Waals surface area contributed by atoms with Crippen LogP contribution in [-0.4, -0.2) is 30.2 Å². The van der Waals surface area contributed by atoms with Gasteiger partial charge in [-0.1, -0.05) is 69.2 Å². The Kier molecular flexibility index (Phi) is 5.64. The molecule has 1 aromatic carbocycles. The van der Waals surface area contributed by atoms with Crippen molar-refractivity contribution in [2.75, 3.05) is 24.5 Å². The van der Waals surface area contributed by atoms with Gasteiger partial charge in [0.2, 0.25) is 0 Å². The maximum atomic E-state index is 2.63. The van der Waals surface area contributed by atoms with Crippen LogP contribution in [-0.2, 0) is 0 Å². The average Bonchev–Trinajstić information content (AvgIpc) is 3.07. The van der Waals surface area contributed by atoms with Crippen LogP contribution in [0.1, 0.15) is 53.5 Å². The van der Waals surface area contributed by atoms with Gasteiger partial charge in [-0.05, 0) is 80.4 Å². The molecule has 0 N–H and O–H groups in total. The largest absolute Gasteiger partial charge is 0.350 e. The second kappa shape index (κ2) is 7.98. The van der Waals surface area contributed by atoms with E-state index in [1.54, 1.807) is 0 Å². The highest BCUT2D eigenvalue weighted by molar-refractivity contribution is 5.71. The topological polar surface area (TPSA) is 6.48 Å². The Hall–Kier alpha value is -2.32. The molecule has 31 heavy (non-hydrogen) atoms. The molecular formula is C29H38N2. The molecule has 0 saturated carbocycles. The Morgan fingerprint density at radius 1 is 0.871 bits per heavy atom. The molecule has 1 aromatic rings. The molecule has 164 valence electrons. The van der Waals surface area contributed by atoms with Gasteiger partial charge in [0, 0.05) is 24.1 Å². The summed E-state index contributed by atoms with van der Waals surface area (Å²) in [5.74, 6) is 0.